The van der Waals surface area contributed by atoms with Gasteiger partial charge >= 0.3 is 0 Å². The van der Waals surface area contributed by atoms with Crippen LogP contribution < -0.4 is 0 Å². The van der Waals surface area contributed by atoms with Crippen molar-refractivity contribution in [2.75, 3.05) is 0 Å². The first-order chi connectivity index (χ1) is 11.9. The Bertz CT molecular complexity index is 848. The van der Waals surface area contributed by atoms with Crippen molar-refractivity contribution in [3.8, 4) is 6.07 Å². The highest BCUT2D eigenvalue weighted by Gasteiger charge is 2.08. The maximum atomic E-state index is 8.95. The highest BCUT2D eigenvalue weighted by molar-refractivity contribution is 6.12. The molecule has 3 heteroatoms. The van der Waals surface area contributed by atoms with Crippen LogP contribution in [-0.4, -0.2) is 5.71 Å². The third-order valence-corrected chi connectivity index (χ3v) is 3.56. The smallest absolute Gasteiger partial charge is 0.142 e. The molecule has 0 heterocycles. The minimum Gasteiger partial charge on any atom is -0.390 e. The molecule has 0 bridgehead atoms. The highest BCUT2D eigenvalue weighted by Crippen LogP contribution is 2.13. The van der Waals surface area contributed by atoms with Gasteiger partial charge < -0.3 is 4.84 Å². The van der Waals surface area contributed by atoms with Gasteiger partial charge in [0.2, 0.25) is 0 Å². The minimum absolute atomic E-state index is 0.410. The van der Waals surface area contributed by atoms with Crippen LogP contribution in [0.4, 0.5) is 0 Å². The van der Waals surface area contributed by atoms with E-state index in [1.54, 1.807) is 12.1 Å². The van der Waals surface area contributed by atoms with Crippen molar-refractivity contribution in [1.29, 1.82) is 5.26 Å². The summed E-state index contributed by atoms with van der Waals surface area (Å²) in [6.45, 7) is 0.410. The maximum absolute atomic E-state index is 8.95. The molecular weight excluding hydrogens is 296 g/mol. The van der Waals surface area contributed by atoms with Gasteiger partial charge in [0.15, 0.2) is 0 Å². The Morgan fingerprint density at radius 1 is 0.792 bits per heavy atom. The molecule has 0 amide bonds. The zero-order valence-electron chi connectivity index (χ0n) is 13.1. The molecule has 0 spiro atoms. The van der Waals surface area contributed by atoms with Crippen LogP contribution in [0, 0.1) is 11.3 Å². The summed E-state index contributed by atoms with van der Waals surface area (Å²) < 4.78 is 0. The average Bonchev–Trinajstić information content (AvgIpc) is 2.67. The van der Waals surface area contributed by atoms with Gasteiger partial charge in [0.25, 0.3) is 0 Å². The molecule has 116 valence electrons. The van der Waals surface area contributed by atoms with Crippen LogP contribution in [-0.2, 0) is 11.4 Å². The van der Waals surface area contributed by atoms with E-state index in [0.717, 1.165) is 22.4 Å². The summed E-state index contributed by atoms with van der Waals surface area (Å²) in [5.74, 6) is 0. The van der Waals surface area contributed by atoms with E-state index in [-0.39, 0.29) is 0 Å². The fourth-order valence-electron chi connectivity index (χ4n) is 2.32. The standard InChI is InChI=1S/C21H16N2O/c22-15-17-11-13-20(14-12-17)21(19-9-5-2-6-10-19)23-24-16-18-7-3-1-4-8-18/h1-14H,16H2. The van der Waals surface area contributed by atoms with E-state index in [1.165, 1.54) is 0 Å². The van der Waals surface area contributed by atoms with Gasteiger partial charge in [-0.15, -0.1) is 0 Å². The van der Waals surface area contributed by atoms with Crippen molar-refractivity contribution in [3.63, 3.8) is 0 Å². The first-order valence-electron chi connectivity index (χ1n) is 7.66. The molecule has 0 saturated heterocycles. The van der Waals surface area contributed by atoms with Crippen LogP contribution in [0.3, 0.4) is 0 Å². The Hall–Kier alpha value is -3.38. The number of hydrogen-bond donors (Lipinski definition) is 0. The van der Waals surface area contributed by atoms with Crippen molar-refractivity contribution >= 4 is 5.71 Å². The Labute approximate surface area is 141 Å². The molecule has 3 aromatic carbocycles. The molecule has 0 unspecified atom stereocenters. The van der Waals surface area contributed by atoms with Crippen LogP contribution in [0.25, 0.3) is 0 Å². The zero-order valence-corrected chi connectivity index (χ0v) is 13.1. The fourth-order valence-corrected chi connectivity index (χ4v) is 2.32. The van der Waals surface area contributed by atoms with Gasteiger partial charge in [0, 0.05) is 11.1 Å². The average molecular weight is 312 g/mol. The Balaban J connectivity index is 1.87. The molecule has 0 aromatic heterocycles. The second-order valence-corrected chi connectivity index (χ2v) is 5.25. The summed E-state index contributed by atoms with van der Waals surface area (Å²) in [5.41, 5.74) is 4.31. The molecule has 0 N–H and O–H groups in total. The minimum atomic E-state index is 0.410. The molecule has 24 heavy (non-hydrogen) atoms. The lowest BCUT2D eigenvalue weighted by Crippen LogP contribution is -2.04. The first-order valence-corrected chi connectivity index (χ1v) is 7.66. The predicted molar refractivity (Wildman–Crippen MR) is 94.5 cm³/mol. The second kappa shape index (κ2) is 7.75. The molecule has 0 aliphatic carbocycles. The fraction of sp³-hybridized carbons (Fsp3) is 0.0476. The van der Waals surface area contributed by atoms with E-state index < -0.39 is 0 Å². The van der Waals surface area contributed by atoms with E-state index >= 15 is 0 Å². The van der Waals surface area contributed by atoms with Gasteiger partial charge in [-0.2, -0.15) is 5.26 Å². The number of nitriles is 1. The van der Waals surface area contributed by atoms with Crippen molar-refractivity contribution in [2.45, 2.75) is 6.61 Å². The normalized spacial score (nSPS) is 10.9. The molecule has 0 fully saturated rings. The number of nitrogens with zero attached hydrogens (tertiary/aromatic N) is 2. The molecule has 0 aliphatic heterocycles. The SMILES string of the molecule is N#Cc1ccc(C(=NOCc2ccccc2)c2ccccc2)cc1. The van der Waals surface area contributed by atoms with E-state index in [2.05, 4.69) is 11.2 Å². The number of hydrogen-bond acceptors (Lipinski definition) is 3. The molecule has 0 atom stereocenters. The first kappa shape index (κ1) is 15.5. The lowest BCUT2D eigenvalue weighted by molar-refractivity contribution is 0.131. The lowest BCUT2D eigenvalue weighted by Gasteiger charge is -2.08. The van der Waals surface area contributed by atoms with Crippen LogP contribution >= 0.6 is 0 Å². The molecule has 0 radical (unpaired) electrons. The Morgan fingerprint density at radius 3 is 2.00 bits per heavy atom. The van der Waals surface area contributed by atoms with E-state index in [4.69, 9.17) is 10.1 Å². The highest BCUT2D eigenvalue weighted by atomic mass is 16.6. The van der Waals surface area contributed by atoms with Crippen LogP contribution in [0.5, 0.6) is 0 Å². The second-order valence-electron chi connectivity index (χ2n) is 5.25. The quantitative estimate of drug-likeness (QED) is 0.513. The Morgan fingerprint density at radius 2 is 1.38 bits per heavy atom. The van der Waals surface area contributed by atoms with Gasteiger partial charge in [0.1, 0.15) is 12.3 Å². The third kappa shape index (κ3) is 3.88. The summed E-state index contributed by atoms with van der Waals surface area (Å²) in [4.78, 5) is 5.57. The molecule has 3 nitrogen and oxygen atoms in total. The summed E-state index contributed by atoms with van der Waals surface area (Å²) >= 11 is 0. The van der Waals surface area contributed by atoms with Gasteiger partial charge in [-0.3, -0.25) is 0 Å². The molecule has 0 saturated carbocycles. The largest absolute Gasteiger partial charge is 0.390 e. The van der Waals surface area contributed by atoms with Crippen LogP contribution in [0.1, 0.15) is 22.3 Å². The number of benzene rings is 3. The lowest BCUT2D eigenvalue weighted by atomic mass is 10.0. The number of oxime groups is 1. The van der Waals surface area contributed by atoms with Gasteiger partial charge in [-0.25, -0.2) is 0 Å². The van der Waals surface area contributed by atoms with E-state index in [9.17, 15) is 0 Å². The summed E-state index contributed by atoms with van der Waals surface area (Å²) in [7, 11) is 0. The number of rotatable bonds is 5. The van der Waals surface area contributed by atoms with Gasteiger partial charge in [-0.05, 0) is 17.7 Å². The molecule has 3 aromatic rings. The molecular formula is C21H16N2O. The molecule has 0 aliphatic rings. The van der Waals surface area contributed by atoms with E-state index in [0.29, 0.717) is 12.2 Å². The molecule has 3 rings (SSSR count). The van der Waals surface area contributed by atoms with Crippen molar-refractivity contribution < 1.29 is 4.84 Å². The van der Waals surface area contributed by atoms with Crippen molar-refractivity contribution in [1.82, 2.24) is 0 Å². The van der Waals surface area contributed by atoms with Gasteiger partial charge in [-0.1, -0.05) is 78.0 Å². The topological polar surface area (TPSA) is 45.4 Å². The Kier molecular flexibility index (Phi) is 5.01. The van der Waals surface area contributed by atoms with Gasteiger partial charge in [0.05, 0.1) is 11.6 Å². The summed E-state index contributed by atoms with van der Waals surface area (Å²) in [6.07, 6.45) is 0. The van der Waals surface area contributed by atoms with Crippen molar-refractivity contribution in [2.24, 2.45) is 5.16 Å². The van der Waals surface area contributed by atoms with E-state index in [1.807, 2.05) is 72.8 Å². The maximum Gasteiger partial charge on any atom is 0.142 e. The predicted octanol–water partition coefficient (Wildman–Crippen LogP) is 4.53. The summed E-state index contributed by atoms with van der Waals surface area (Å²) in [5, 5.41) is 13.3. The van der Waals surface area contributed by atoms with Crippen LogP contribution in [0.2, 0.25) is 0 Å². The summed E-state index contributed by atoms with van der Waals surface area (Å²) in [6, 6.07) is 29.2. The van der Waals surface area contributed by atoms with Crippen molar-refractivity contribution in [3.05, 3.63) is 107 Å². The zero-order chi connectivity index (χ0) is 16.6. The third-order valence-electron chi connectivity index (χ3n) is 3.56. The monoisotopic (exact) mass is 312 g/mol. The van der Waals surface area contributed by atoms with Crippen LogP contribution in [0.15, 0.2) is 90.1 Å².